The summed E-state index contributed by atoms with van der Waals surface area (Å²) in [6.07, 6.45) is 1.81. The predicted octanol–water partition coefficient (Wildman–Crippen LogP) is 3.48. The molecule has 4 nitrogen and oxygen atoms in total. The monoisotopic (exact) mass is 290 g/mol. The number of aromatic nitrogens is 2. The third-order valence-corrected chi connectivity index (χ3v) is 3.73. The second-order valence-electron chi connectivity index (χ2n) is 5.48. The van der Waals surface area contributed by atoms with Gasteiger partial charge in [0.25, 0.3) is 0 Å². The zero-order chi connectivity index (χ0) is 14.8. The zero-order valence-electron chi connectivity index (χ0n) is 11.8. The summed E-state index contributed by atoms with van der Waals surface area (Å²) in [7, 11) is 0. The summed E-state index contributed by atoms with van der Waals surface area (Å²) in [5.41, 5.74) is 1.92. The Hall–Kier alpha value is -1.75. The first-order valence-corrected chi connectivity index (χ1v) is 7.36. The molecule has 0 saturated heterocycles. The Balaban J connectivity index is 2.46. The van der Waals surface area contributed by atoms with E-state index in [-0.39, 0.29) is 11.3 Å². The normalized spacial score (nSPS) is 11.6. The number of aliphatic carboxylic acids is 1. The first-order valence-electron chi connectivity index (χ1n) is 6.38. The van der Waals surface area contributed by atoms with Crippen molar-refractivity contribution in [1.82, 2.24) is 9.55 Å². The molecular weight excluding hydrogens is 272 g/mol. The van der Waals surface area contributed by atoms with E-state index in [1.807, 2.05) is 36.5 Å². The van der Waals surface area contributed by atoms with E-state index in [0.29, 0.717) is 0 Å². The van der Waals surface area contributed by atoms with Gasteiger partial charge < -0.3 is 9.67 Å². The van der Waals surface area contributed by atoms with Gasteiger partial charge in [0, 0.05) is 5.54 Å². The lowest BCUT2D eigenvalue weighted by Gasteiger charge is -2.26. The number of hydrogen-bond donors (Lipinski definition) is 1. The van der Waals surface area contributed by atoms with E-state index in [1.54, 1.807) is 0 Å². The standard InChI is InChI=1S/C15H18N2O2S/c1-15(2,3)17-12(11-7-5-4-6-8-11)9-16-14(17)20-10-13(18)19/h4-9H,10H2,1-3H3,(H,18,19). The van der Waals surface area contributed by atoms with Crippen LogP contribution in [0.1, 0.15) is 20.8 Å². The first-order chi connectivity index (χ1) is 9.39. The van der Waals surface area contributed by atoms with Crippen molar-refractivity contribution in [3.8, 4) is 11.3 Å². The Morgan fingerprint density at radius 2 is 1.95 bits per heavy atom. The lowest BCUT2D eigenvalue weighted by Crippen LogP contribution is -2.23. The Morgan fingerprint density at radius 3 is 2.50 bits per heavy atom. The molecule has 0 aliphatic rings. The highest BCUT2D eigenvalue weighted by Gasteiger charge is 2.22. The number of carboxylic acid groups (broad SMARTS) is 1. The summed E-state index contributed by atoms with van der Waals surface area (Å²) in [5.74, 6) is -0.818. The summed E-state index contributed by atoms with van der Waals surface area (Å²) in [6, 6.07) is 10.0. The molecule has 2 aromatic rings. The smallest absolute Gasteiger partial charge is 0.313 e. The molecule has 1 aromatic carbocycles. The minimum atomic E-state index is -0.834. The molecule has 0 fully saturated rings. The molecule has 0 atom stereocenters. The van der Waals surface area contributed by atoms with Gasteiger partial charge in [-0.1, -0.05) is 42.1 Å². The molecule has 1 aromatic heterocycles. The molecule has 1 heterocycles. The first kappa shape index (κ1) is 14.7. The molecule has 0 radical (unpaired) electrons. The number of carbonyl (C=O) groups is 1. The van der Waals surface area contributed by atoms with Crippen LogP contribution in [0.5, 0.6) is 0 Å². The van der Waals surface area contributed by atoms with E-state index < -0.39 is 5.97 Å². The quantitative estimate of drug-likeness (QED) is 0.876. The lowest BCUT2D eigenvalue weighted by atomic mass is 10.1. The fourth-order valence-electron chi connectivity index (χ4n) is 2.02. The van der Waals surface area contributed by atoms with Crippen molar-refractivity contribution < 1.29 is 9.90 Å². The van der Waals surface area contributed by atoms with Crippen LogP contribution in [0, 0.1) is 0 Å². The third-order valence-electron chi connectivity index (χ3n) is 2.79. The molecule has 0 unspecified atom stereocenters. The van der Waals surface area contributed by atoms with Gasteiger partial charge in [0.2, 0.25) is 0 Å². The van der Waals surface area contributed by atoms with E-state index in [9.17, 15) is 4.79 Å². The SMILES string of the molecule is CC(C)(C)n1c(-c2ccccc2)cnc1SCC(=O)O. The van der Waals surface area contributed by atoms with Gasteiger partial charge in [-0.2, -0.15) is 0 Å². The largest absolute Gasteiger partial charge is 0.481 e. The lowest BCUT2D eigenvalue weighted by molar-refractivity contribution is -0.133. The second kappa shape index (κ2) is 5.71. The molecular formula is C15H18N2O2S. The van der Waals surface area contributed by atoms with E-state index >= 15 is 0 Å². The molecule has 5 heteroatoms. The summed E-state index contributed by atoms with van der Waals surface area (Å²) in [4.78, 5) is 15.1. The second-order valence-corrected chi connectivity index (χ2v) is 6.42. The predicted molar refractivity (Wildman–Crippen MR) is 81.0 cm³/mol. The molecule has 1 N–H and O–H groups in total. The van der Waals surface area contributed by atoms with E-state index in [2.05, 4.69) is 30.3 Å². The van der Waals surface area contributed by atoms with Crippen molar-refractivity contribution in [2.24, 2.45) is 0 Å². The van der Waals surface area contributed by atoms with Gasteiger partial charge >= 0.3 is 5.97 Å². The molecule has 20 heavy (non-hydrogen) atoms. The maximum Gasteiger partial charge on any atom is 0.313 e. The Bertz CT molecular complexity index is 600. The molecule has 0 saturated carbocycles. The molecule has 0 aliphatic heterocycles. The molecule has 2 rings (SSSR count). The Morgan fingerprint density at radius 1 is 1.30 bits per heavy atom. The van der Waals surface area contributed by atoms with Gasteiger partial charge in [-0.15, -0.1) is 0 Å². The van der Waals surface area contributed by atoms with Gasteiger partial charge in [-0.3, -0.25) is 4.79 Å². The van der Waals surface area contributed by atoms with Crippen LogP contribution >= 0.6 is 11.8 Å². The summed E-state index contributed by atoms with van der Waals surface area (Å²) in [6.45, 7) is 6.27. The molecule has 0 bridgehead atoms. The van der Waals surface area contributed by atoms with Gasteiger partial charge in [0.05, 0.1) is 17.6 Å². The van der Waals surface area contributed by atoms with Crippen molar-refractivity contribution in [3.63, 3.8) is 0 Å². The number of nitrogens with zero attached hydrogens (tertiary/aromatic N) is 2. The van der Waals surface area contributed by atoms with E-state index in [1.165, 1.54) is 11.8 Å². The van der Waals surface area contributed by atoms with Crippen LogP contribution in [0.2, 0.25) is 0 Å². The molecule has 0 spiro atoms. The van der Waals surface area contributed by atoms with Gasteiger partial charge in [0.1, 0.15) is 0 Å². The van der Waals surface area contributed by atoms with Crippen molar-refractivity contribution in [1.29, 1.82) is 0 Å². The Labute approximate surface area is 122 Å². The van der Waals surface area contributed by atoms with E-state index in [0.717, 1.165) is 16.4 Å². The third kappa shape index (κ3) is 3.22. The van der Waals surface area contributed by atoms with Crippen molar-refractivity contribution in [2.75, 3.05) is 5.75 Å². The van der Waals surface area contributed by atoms with Crippen LogP contribution < -0.4 is 0 Å². The summed E-state index contributed by atoms with van der Waals surface area (Å²) >= 11 is 1.25. The number of hydrogen-bond acceptors (Lipinski definition) is 3. The fraction of sp³-hybridized carbons (Fsp3) is 0.333. The van der Waals surface area contributed by atoms with Gasteiger partial charge in [-0.25, -0.2) is 4.98 Å². The highest BCUT2D eigenvalue weighted by Crippen LogP contribution is 2.32. The number of rotatable bonds is 4. The topological polar surface area (TPSA) is 55.1 Å². The highest BCUT2D eigenvalue weighted by atomic mass is 32.2. The summed E-state index contributed by atoms with van der Waals surface area (Å²) in [5, 5.41) is 9.57. The molecule has 106 valence electrons. The molecule has 0 amide bonds. The van der Waals surface area contributed by atoms with Crippen LogP contribution in [0.3, 0.4) is 0 Å². The minimum absolute atomic E-state index is 0.0152. The maximum absolute atomic E-state index is 10.8. The van der Waals surface area contributed by atoms with Crippen molar-refractivity contribution in [3.05, 3.63) is 36.5 Å². The average molecular weight is 290 g/mol. The van der Waals surface area contributed by atoms with Crippen molar-refractivity contribution >= 4 is 17.7 Å². The van der Waals surface area contributed by atoms with Crippen LogP contribution in [-0.2, 0) is 10.3 Å². The number of carboxylic acids is 1. The zero-order valence-corrected chi connectivity index (χ0v) is 12.6. The highest BCUT2D eigenvalue weighted by molar-refractivity contribution is 7.99. The van der Waals surface area contributed by atoms with Crippen LogP contribution in [-0.4, -0.2) is 26.4 Å². The van der Waals surface area contributed by atoms with E-state index in [4.69, 9.17) is 5.11 Å². The van der Waals surface area contributed by atoms with Gasteiger partial charge in [-0.05, 0) is 26.3 Å². The number of imidazole rings is 1. The van der Waals surface area contributed by atoms with Crippen LogP contribution in [0.15, 0.2) is 41.7 Å². The van der Waals surface area contributed by atoms with Crippen LogP contribution in [0.25, 0.3) is 11.3 Å². The van der Waals surface area contributed by atoms with Crippen molar-refractivity contribution in [2.45, 2.75) is 31.5 Å². The number of benzene rings is 1. The fourth-order valence-corrected chi connectivity index (χ4v) is 2.90. The van der Waals surface area contributed by atoms with Gasteiger partial charge in [0.15, 0.2) is 5.16 Å². The minimum Gasteiger partial charge on any atom is -0.481 e. The van der Waals surface area contributed by atoms with Crippen LogP contribution in [0.4, 0.5) is 0 Å². The molecule has 0 aliphatic carbocycles. The maximum atomic E-state index is 10.8. The number of thioether (sulfide) groups is 1. The summed E-state index contributed by atoms with van der Waals surface area (Å²) < 4.78 is 2.09. The Kier molecular flexibility index (Phi) is 4.18. The average Bonchev–Trinajstić information content (AvgIpc) is 2.81.